The largest absolute Gasteiger partial charge is 0.344 e. The van der Waals surface area contributed by atoms with Crippen LogP contribution in [-0.4, -0.2) is 23.3 Å². The molecule has 0 saturated carbocycles. The number of para-hydroxylation sites is 2. The van der Waals surface area contributed by atoms with Gasteiger partial charge in [0, 0.05) is 52.2 Å². The molecule has 324 valence electrons. The van der Waals surface area contributed by atoms with Gasteiger partial charge in [0.15, 0.2) is 0 Å². The molecule has 3 heterocycles. The second-order valence-corrected chi connectivity index (χ2v) is 20.4. The smallest absolute Gasteiger partial charge is 0.137 e. The van der Waals surface area contributed by atoms with Crippen molar-refractivity contribution >= 4 is 55.9 Å². The second kappa shape index (κ2) is 15.8. The quantitative estimate of drug-likeness (QED) is 0.152. The highest BCUT2D eigenvalue weighted by molar-refractivity contribution is 6.11. The lowest BCUT2D eigenvalue weighted by molar-refractivity contribution is 0.568. The van der Waals surface area contributed by atoms with Crippen molar-refractivity contribution < 1.29 is 0 Å². The molecule has 0 saturated heterocycles. The van der Waals surface area contributed by atoms with E-state index in [1.165, 1.54) is 61.2 Å². The molecule has 0 unspecified atom stereocenters. The lowest BCUT2D eigenvalue weighted by Crippen LogP contribution is -2.25. The second-order valence-electron chi connectivity index (χ2n) is 20.4. The maximum Gasteiger partial charge on any atom is 0.137 e. The summed E-state index contributed by atoms with van der Waals surface area (Å²) in [6, 6.07) is 64.6. The molecular formula is C60H59N5. The first-order valence-corrected chi connectivity index (χ1v) is 23.0. The summed E-state index contributed by atoms with van der Waals surface area (Å²) in [6.45, 7) is 19.2. The number of anilines is 6. The van der Waals surface area contributed by atoms with Crippen molar-refractivity contribution in [3.63, 3.8) is 0 Å². The van der Waals surface area contributed by atoms with Crippen LogP contribution in [0.1, 0.15) is 77.6 Å². The number of hydrogen-bond donors (Lipinski definition) is 0. The molecule has 0 atom stereocenters. The van der Waals surface area contributed by atoms with Crippen molar-refractivity contribution in [3.8, 4) is 16.9 Å². The molecule has 7 aromatic carbocycles. The van der Waals surface area contributed by atoms with E-state index < -0.39 is 0 Å². The molecule has 10 rings (SSSR count). The summed E-state index contributed by atoms with van der Waals surface area (Å²) in [5.41, 5.74) is 16.7. The Kier molecular flexibility index (Phi) is 10.2. The molecule has 65 heavy (non-hydrogen) atoms. The third-order valence-corrected chi connectivity index (χ3v) is 13.7. The van der Waals surface area contributed by atoms with Gasteiger partial charge in [0.2, 0.25) is 0 Å². The van der Waals surface area contributed by atoms with Gasteiger partial charge in [0.1, 0.15) is 12.5 Å². The molecule has 0 N–H and O–H groups in total. The molecular weight excluding hydrogens is 791 g/mol. The van der Waals surface area contributed by atoms with Crippen molar-refractivity contribution in [1.82, 2.24) is 9.55 Å². The van der Waals surface area contributed by atoms with Crippen molar-refractivity contribution in [3.05, 3.63) is 204 Å². The number of aromatic nitrogens is 2. The van der Waals surface area contributed by atoms with E-state index in [4.69, 9.17) is 4.98 Å². The van der Waals surface area contributed by atoms with E-state index in [-0.39, 0.29) is 16.2 Å². The highest BCUT2D eigenvalue weighted by Crippen LogP contribution is 2.47. The molecule has 5 nitrogen and oxygen atoms in total. The van der Waals surface area contributed by atoms with Crippen molar-refractivity contribution in [2.75, 3.05) is 28.4 Å². The van der Waals surface area contributed by atoms with E-state index in [0.717, 1.165) is 33.9 Å². The van der Waals surface area contributed by atoms with E-state index in [9.17, 15) is 0 Å². The Morgan fingerprint density at radius 3 is 1.75 bits per heavy atom. The maximum absolute atomic E-state index is 5.08. The van der Waals surface area contributed by atoms with Crippen LogP contribution in [0.2, 0.25) is 0 Å². The van der Waals surface area contributed by atoms with Gasteiger partial charge >= 0.3 is 0 Å². The Hall–Kier alpha value is -7.11. The van der Waals surface area contributed by atoms with Gasteiger partial charge in [0.25, 0.3) is 0 Å². The van der Waals surface area contributed by atoms with Crippen LogP contribution in [-0.2, 0) is 16.2 Å². The number of benzene rings is 7. The number of fused-ring (bicyclic) bond motifs is 4. The summed E-state index contributed by atoms with van der Waals surface area (Å²) in [5, 5.41) is 2.39. The fraction of sp³-hybridized carbons (Fsp3) is 0.217. The fourth-order valence-corrected chi connectivity index (χ4v) is 9.53. The van der Waals surface area contributed by atoms with Crippen LogP contribution in [0.25, 0.3) is 38.8 Å². The van der Waals surface area contributed by atoms with E-state index in [1.807, 2.05) is 6.20 Å². The summed E-state index contributed by atoms with van der Waals surface area (Å²) in [4.78, 5) is 12.3. The average molecular weight is 850 g/mol. The number of hydrogen-bond acceptors (Lipinski definition) is 4. The molecule has 1 aliphatic heterocycles. The number of nitrogens with zero attached hydrogens (tertiary/aromatic N) is 5. The maximum atomic E-state index is 5.08. The minimum Gasteiger partial charge on any atom is -0.344 e. The highest BCUT2D eigenvalue weighted by Gasteiger charge is 2.31. The molecule has 0 amide bonds. The summed E-state index contributed by atoms with van der Waals surface area (Å²) in [6.07, 6.45) is 1.97. The van der Waals surface area contributed by atoms with Gasteiger partial charge in [-0.15, -0.1) is 0 Å². The average Bonchev–Trinajstić information content (AvgIpc) is 3.87. The summed E-state index contributed by atoms with van der Waals surface area (Å²) in [7, 11) is 2.18. The van der Waals surface area contributed by atoms with Crippen molar-refractivity contribution in [1.29, 1.82) is 0 Å². The first-order valence-electron chi connectivity index (χ1n) is 23.0. The zero-order chi connectivity index (χ0) is 45.3. The minimum absolute atomic E-state index is 0.0240. The predicted octanol–water partition coefficient (Wildman–Crippen LogP) is 15.8. The highest BCUT2D eigenvalue weighted by atomic mass is 15.4. The Bertz CT molecular complexity index is 3170. The van der Waals surface area contributed by atoms with Crippen molar-refractivity contribution in [2.24, 2.45) is 0 Å². The van der Waals surface area contributed by atoms with Gasteiger partial charge in [0.05, 0.1) is 22.4 Å². The third kappa shape index (κ3) is 7.63. The Morgan fingerprint density at radius 1 is 0.446 bits per heavy atom. The first-order chi connectivity index (χ1) is 31.1. The normalized spacial score (nSPS) is 13.2. The minimum atomic E-state index is -0.215. The fourth-order valence-electron chi connectivity index (χ4n) is 9.53. The van der Waals surface area contributed by atoms with Gasteiger partial charge in [-0.25, -0.2) is 4.98 Å². The summed E-state index contributed by atoms with van der Waals surface area (Å²) >= 11 is 0. The van der Waals surface area contributed by atoms with Gasteiger partial charge in [-0.05, 0) is 123 Å². The molecule has 0 radical (unpaired) electrons. The molecule has 5 heteroatoms. The van der Waals surface area contributed by atoms with Crippen LogP contribution in [0.4, 0.5) is 34.1 Å². The van der Waals surface area contributed by atoms with Gasteiger partial charge in [-0.2, -0.15) is 0 Å². The predicted molar refractivity (Wildman–Crippen MR) is 277 cm³/mol. The lowest BCUT2D eigenvalue weighted by Gasteiger charge is -2.29. The van der Waals surface area contributed by atoms with Gasteiger partial charge in [-0.1, -0.05) is 152 Å². The molecule has 0 bridgehead atoms. The van der Waals surface area contributed by atoms with Crippen LogP contribution in [0, 0.1) is 0 Å². The molecule has 2 aromatic heterocycles. The van der Waals surface area contributed by atoms with E-state index in [2.05, 4.69) is 258 Å². The third-order valence-electron chi connectivity index (χ3n) is 13.7. The molecule has 0 aliphatic carbocycles. The summed E-state index contributed by atoms with van der Waals surface area (Å²) in [5.74, 6) is 0.903. The topological polar surface area (TPSA) is 27.5 Å². The standard InChI is InChI=1S/C60H59N5/c1-58(2,3)45-34-46(59(4,5)6)36-50(35-45)64-40-63(54-25-16-17-26-55(54)64)49-24-18-23-47(38-49)62(9)48-28-29-51-52-33-42(41-19-12-10-13-20-41)27-30-53(52)65(56(51)39-48)57-37-44(31-32-61-57)60(7,8)43-21-14-11-15-22-43/h10-39H,40H2,1-9H3. The summed E-state index contributed by atoms with van der Waals surface area (Å²) < 4.78 is 2.35. The SMILES string of the molecule is CN(c1cccc(N2CN(c3cc(C(C)(C)C)cc(C(C)(C)C)c3)c3ccccc32)c1)c1ccc2c3cc(-c4ccccc4)ccc3n(-c3cc(C(C)(C)c4ccccc4)ccn3)c2c1. The molecule has 9 aromatic rings. The zero-order valence-electron chi connectivity index (χ0n) is 39.3. The van der Waals surface area contributed by atoms with Crippen LogP contribution in [0.15, 0.2) is 182 Å². The number of rotatable bonds is 8. The van der Waals surface area contributed by atoms with E-state index >= 15 is 0 Å². The molecule has 0 spiro atoms. The number of pyridine rings is 1. The van der Waals surface area contributed by atoms with Crippen molar-refractivity contribution in [2.45, 2.75) is 71.6 Å². The Morgan fingerprint density at radius 2 is 1.08 bits per heavy atom. The van der Waals surface area contributed by atoms with Crippen LogP contribution >= 0.6 is 0 Å². The van der Waals surface area contributed by atoms with Crippen LogP contribution in [0.3, 0.4) is 0 Å². The molecule has 0 fully saturated rings. The van der Waals surface area contributed by atoms with Gasteiger partial charge < -0.3 is 14.7 Å². The van der Waals surface area contributed by atoms with E-state index in [1.54, 1.807) is 0 Å². The van der Waals surface area contributed by atoms with E-state index in [0.29, 0.717) is 6.67 Å². The zero-order valence-corrected chi connectivity index (χ0v) is 39.3. The monoisotopic (exact) mass is 849 g/mol. The van der Waals surface area contributed by atoms with Crippen LogP contribution < -0.4 is 14.7 Å². The van der Waals surface area contributed by atoms with Crippen LogP contribution in [0.5, 0.6) is 0 Å². The first kappa shape index (κ1) is 41.9. The Balaban J connectivity index is 1.05. The lowest BCUT2D eigenvalue weighted by atomic mass is 9.78. The van der Waals surface area contributed by atoms with Gasteiger partial charge in [-0.3, -0.25) is 4.57 Å². The Labute approximate surface area is 385 Å². The molecule has 1 aliphatic rings.